The number of aliphatic hydroxyl groups is 1. The van der Waals surface area contributed by atoms with E-state index in [-0.39, 0.29) is 18.6 Å². The molecule has 0 radical (unpaired) electrons. The average Bonchev–Trinajstić information content (AvgIpc) is 3.08. The first kappa shape index (κ1) is 17.0. The van der Waals surface area contributed by atoms with E-state index in [1.165, 1.54) is 6.33 Å². The first-order valence-electron chi connectivity index (χ1n) is 7.77. The van der Waals surface area contributed by atoms with Crippen LogP contribution in [0.4, 0.5) is 4.79 Å². The van der Waals surface area contributed by atoms with Gasteiger partial charge in [-0.15, -0.1) is 0 Å². The summed E-state index contributed by atoms with van der Waals surface area (Å²) in [5, 5.41) is 19.2. The Bertz CT molecular complexity index is 597. The smallest absolute Gasteiger partial charge is 0.315 e. The van der Waals surface area contributed by atoms with E-state index in [2.05, 4.69) is 20.7 Å². The van der Waals surface area contributed by atoms with Gasteiger partial charge in [0.1, 0.15) is 12.7 Å². The lowest BCUT2D eigenvalue weighted by Gasteiger charge is -2.17. The van der Waals surface area contributed by atoms with E-state index in [1.807, 2.05) is 38.1 Å². The van der Waals surface area contributed by atoms with Crippen molar-refractivity contribution in [2.75, 3.05) is 6.54 Å². The molecule has 2 aromatic rings. The molecule has 0 spiro atoms. The third-order valence-corrected chi connectivity index (χ3v) is 3.54. The Labute approximate surface area is 135 Å². The Morgan fingerprint density at radius 1 is 1.35 bits per heavy atom. The zero-order chi connectivity index (χ0) is 16.7. The molecule has 2 amide bonds. The van der Waals surface area contributed by atoms with E-state index in [1.54, 1.807) is 11.0 Å². The molecule has 0 aliphatic carbocycles. The van der Waals surface area contributed by atoms with Crippen LogP contribution in [-0.4, -0.2) is 38.6 Å². The Kier molecular flexibility index (Phi) is 6.10. The Balaban J connectivity index is 1.85. The van der Waals surface area contributed by atoms with Gasteiger partial charge in [-0.25, -0.2) is 14.5 Å². The maximum atomic E-state index is 11.8. The number of nitrogens with zero attached hydrogens (tertiary/aromatic N) is 3. The summed E-state index contributed by atoms with van der Waals surface area (Å²) in [5.74, 6) is 0. The van der Waals surface area contributed by atoms with Crippen molar-refractivity contribution in [3.8, 4) is 5.69 Å². The molecule has 0 aliphatic heterocycles. The zero-order valence-electron chi connectivity index (χ0n) is 13.4. The summed E-state index contributed by atoms with van der Waals surface area (Å²) in [4.78, 5) is 15.7. The molecular weight excluding hydrogens is 294 g/mol. The topological polar surface area (TPSA) is 92.1 Å². The number of carbonyl (C=O) groups is 1. The molecule has 0 aliphatic rings. The second kappa shape index (κ2) is 8.28. The second-order valence-electron chi connectivity index (χ2n) is 5.45. The number of hydrogen-bond donors (Lipinski definition) is 3. The largest absolute Gasteiger partial charge is 0.391 e. The summed E-state index contributed by atoms with van der Waals surface area (Å²) >= 11 is 0. The minimum absolute atomic E-state index is 0.136. The van der Waals surface area contributed by atoms with Crippen LogP contribution in [0, 0.1) is 0 Å². The number of hydrogen-bond acceptors (Lipinski definition) is 4. The molecule has 2 rings (SSSR count). The van der Waals surface area contributed by atoms with Gasteiger partial charge in [0.2, 0.25) is 0 Å². The number of rotatable bonds is 7. The Morgan fingerprint density at radius 2 is 2.09 bits per heavy atom. The van der Waals surface area contributed by atoms with Crippen molar-refractivity contribution in [3.05, 3.63) is 42.5 Å². The number of carbonyl (C=O) groups excluding carboxylic acids is 1. The highest BCUT2D eigenvalue weighted by Gasteiger charge is 2.11. The van der Waals surface area contributed by atoms with Gasteiger partial charge in [-0.3, -0.25) is 0 Å². The monoisotopic (exact) mass is 317 g/mol. The molecule has 2 atom stereocenters. The van der Waals surface area contributed by atoms with Crippen molar-refractivity contribution in [2.45, 2.75) is 38.8 Å². The van der Waals surface area contributed by atoms with Gasteiger partial charge in [-0.05, 0) is 31.0 Å². The molecule has 7 heteroatoms. The second-order valence-corrected chi connectivity index (χ2v) is 5.45. The molecule has 0 fully saturated rings. The molecule has 124 valence electrons. The summed E-state index contributed by atoms with van der Waals surface area (Å²) in [7, 11) is 0. The number of urea groups is 1. The van der Waals surface area contributed by atoms with E-state index >= 15 is 0 Å². The van der Waals surface area contributed by atoms with Gasteiger partial charge in [0, 0.05) is 6.54 Å². The van der Waals surface area contributed by atoms with Crippen LogP contribution >= 0.6 is 0 Å². The molecule has 0 saturated heterocycles. The summed E-state index contributed by atoms with van der Waals surface area (Å²) in [5.41, 5.74) is 1.89. The highest BCUT2D eigenvalue weighted by Crippen LogP contribution is 2.14. The molecule has 7 nitrogen and oxygen atoms in total. The quantitative estimate of drug-likeness (QED) is 0.726. The van der Waals surface area contributed by atoms with Gasteiger partial charge in [-0.2, -0.15) is 5.10 Å². The van der Waals surface area contributed by atoms with Gasteiger partial charge in [-0.1, -0.05) is 25.5 Å². The third-order valence-electron chi connectivity index (χ3n) is 3.54. The fourth-order valence-corrected chi connectivity index (χ4v) is 2.23. The maximum absolute atomic E-state index is 11.8. The van der Waals surface area contributed by atoms with Crippen molar-refractivity contribution >= 4 is 6.03 Å². The summed E-state index contributed by atoms with van der Waals surface area (Å²) in [6.45, 7) is 4.17. The van der Waals surface area contributed by atoms with Crippen LogP contribution in [-0.2, 0) is 0 Å². The fraction of sp³-hybridized carbons (Fsp3) is 0.438. The lowest BCUT2D eigenvalue weighted by atomic mass is 10.1. The normalized spacial score (nSPS) is 13.3. The van der Waals surface area contributed by atoms with Gasteiger partial charge in [0.25, 0.3) is 0 Å². The fourth-order valence-electron chi connectivity index (χ4n) is 2.23. The molecule has 0 bridgehead atoms. The summed E-state index contributed by atoms with van der Waals surface area (Å²) in [6, 6.07) is 7.30. The van der Waals surface area contributed by atoms with Crippen LogP contribution in [0.2, 0.25) is 0 Å². The minimum Gasteiger partial charge on any atom is -0.391 e. The summed E-state index contributed by atoms with van der Waals surface area (Å²) in [6.07, 6.45) is 4.18. The van der Waals surface area contributed by atoms with E-state index in [0.717, 1.165) is 17.7 Å². The van der Waals surface area contributed by atoms with Crippen molar-refractivity contribution in [2.24, 2.45) is 0 Å². The number of amides is 2. The van der Waals surface area contributed by atoms with Crippen LogP contribution in [0.1, 0.15) is 38.3 Å². The van der Waals surface area contributed by atoms with Crippen LogP contribution in [0.3, 0.4) is 0 Å². The molecule has 23 heavy (non-hydrogen) atoms. The number of aliphatic hydroxyl groups excluding tert-OH is 1. The SMILES string of the molecule is CCCC(O)CNC(=O)NC(C)c1ccc(-n2cncn2)cc1. The molecule has 1 heterocycles. The minimum atomic E-state index is -0.497. The maximum Gasteiger partial charge on any atom is 0.315 e. The highest BCUT2D eigenvalue weighted by atomic mass is 16.3. The first-order valence-corrected chi connectivity index (χ1v) is 7.77. The third kappa shape index (κ3) is 5.07. The van der Waals surface area contributed by atoms with Crippen molar-refractivity contribution in [3.63, 3.8) is 0 Å². The molecule has 1 aromatic heterocycles. The Morgan fingerprint density at radius 3 is 2.70 bits per heavy atom. The summed E-state index contributed by atoms with van der Waals surface area (Å²) < 4.78 is 1.67. The number of nitrogens with one attached hydrogen (secondary N) is 2. The van der Waals surface area contributed by atoms with Crippen LogP contribution in [0.25, 0.3) is 5.69 Å². The van der Waals surface area contributed by atoms with E-state index < -0.39 is 6.10 Å². The molecule has 3 N–H and O–H groups in total. The van der Waals surface area contributed by atoms with E-state index in [9.17, 15) is 9.90 Å². The lowest BCUT2D eigenvalue weighted by molar-refractivity contribution is 0.160. The Hall–Kier alpha value is -2.41. The molecule has 2 unspecified atom stereocenters. The number of aromatic nitrogens is 3. The van der Waals surface area contributed by atoms with E-state index in [4.69, 9.17) is 0 Å². The predicted octanol–water partition coefficient (Wildman–Crippen LogP) is 1.79. The van der Waals surface area contributed by atoms with Crippen LogP contribution in [0.5, 0.6) is 0 Å². The first-order chi connectivity index (χ1) is 11.1. The number of benzene rings is 1. The molecule has 1 aromatic carbocycles. The van der Waals surface area contributed by atoms with Crippen molar-refractivity contribution in [1.29, 1.82) is 0 Å². The van der Waals surface area contributed by atoms with Gasteiger partial charge in [0.05, 0.1) is 17.8 Å². The average molecular weight is 317 g/mol. The standard InChI is InChI=1S/C16H23N5O2/c1-3-4-15(22)9-18-16(23)20-12(2)13-5-7-14(8-6-13)21-11-17-10-19-21/h5-8,10-12,15,22H,3-4,9H2,1-2H3,(H2,18,20,23). The van der Waals surface area contributed by atoms with Crippen molar-refractivity contribution in [1.82, 2.24) is 25.4 Å². The lowest BCUT2D eigenvalue weighted by Crippen LogP contribution is -2.40. The molecule has 0 saturated carbocycles. The van der Waals surface area contributed by atoms with Crippen LogP contribution in [0.15, 0.2) is 36.9 Å². The molecular formula is C16H23N5O2. The highest BCUT2D eigenvalue weighted by molar-refractivity contribution is 5.74. The zero-order valence-corrected chi connectivity index (χ0v) is 13.4. The van der Waals surface area contributed by atoms with E-state index in [0.29, 0.717) is 6.42 Å². The predicted molar refractivity (Wildman–Crippen MR) is 87.2 cm³/mol. The van der Waals surface area contributed by atoms with Gasteiger partial charge >= 0.3 is 6.03 Å². The van der Waals surface area contributed by atoms with Gasteiger partial charge < -0.3 is 15.7 Å². The van der Waals surface area contributed by atoms with Gasteiger partial charge in [0.15, 0.2) is 0 Å². The van der Waals surface area contributed by atoms with Crippen molar-refractivity contribution < 1.29 is 9.90 Å². The van der Waals surface area contributed by atoms with Crippen LogP contribution < -0.4 is 10.6 Å².